The molecule has 1 amide bonds. The molecule has 0 unspecified atom stereocenters. The van der Waals surface area contributed by atoms with Crippen LogP contribution in [0.25, 0.3) is 0 Å². The number of nitrogens with two attached hydrogens (primary N) is 2. The molecule has 0 saturated heterocycles. The highest BCUT2D eigenvalue weighted by Gasteiger charge is 2.41. The van der Waals surface area contributed by atoms with Gasteiger partial charge in [-0.15, -0.1) is 0 Å². The van der Waals surface area contributed by atoms with Crippen LogP contribution >= 0.6 is 0 Å². The van der Waals surface area contributed by atoms with Crippen LogP contribution in [-0.4, -0.2) is 29.1 Å². The van der Waals surface area contributed by atoms with Crippen LogP contribution in [0.2, 0.25) is 0 Å². The summed E-state index contributed by atoms with van der Waals surface area (Å²) in [6.07, 6.45) is 0.390. The van der Waals surface area contributed by atoms with Gasteiger partial charge in [-0.05, 0) is 24.9 Å². The van der Waals surface area contributed by atoms with Crippen molar-refractivity contribution in [1.82, 2.24) is 5.32 Å². The topological polar surface area (TPSA) is 118 Å². The SMILES string of the molecule is NCCC[C@@](N)(C(=O)O)C(=O)NCc1ccccc1. The first-order valence-electron chi connectivity index (χ1n) is 6.05. The van der Waals surface area contributed by atoms with Crippen LogP contribution in [0.5, 0.6) is 0 Å². The highest BCUT2D eigenvalue weighted by molar-refractivity contribution is 6.06. The molecule has 6 heteroatoms. The lowest BCUT2D eigenvalue weighted by Crippen LogP contribution is -2.59. The number of aliphatic carboxylic acids is 1. The molecule has 0 bridgehead atoms. The summed E-state index contributed by atoms with van der Waals surface area (Å²) >= 11 is 0. The average Bonchev–Trinajstić information content (AvgIpc) is 2.42. The fraction of sp³-hybridized carbons (Fsp3) is 0.385. The number of carboxylic acid groups (broad SMARTS) is 1. The quantitative estimate of drug-likeness (QED) is 0.510. The van der Waals surface area contributed by atoms with Gasteiger partial charge in [0, 0.05) is 6.54 Å². The lowest BCUT2D eigenvalue weighted by molar-refractivity contribution is -0.149. The van der Waals surface area contributed by atoms with Crippen molar-refractivity contribution in [2.45, 2.75) is 24.9 Å². The van der Waals surface area contributed by atoms with E-state index in [1.807, 2.05) is 30.3 Å². The Morgan fingerprint density at radius 2 is 1.89 bits per heavy atom. The fourth-order valence-electron chi connectivity index (χ4n) is 1.63. The maximum absolute atomic E-state index is 11.9. The summed E-state index contributed by atoms with van der Waals surface area (Å²) in [6.45, 7) is 0.534. The lowest BCUT2D eigenvalue weighted by atomic mass is 9.93. The Hall–Kier alpha value is -1.92. The molecule has 1 atom stereocenters. The van der Waals surface area contributed by atoms with Gasteiger partial charge in [-0.1, -0.05) is 30.3 Å². The third-order valence-corrected chi connectivity index (χ3v) is 2.86. The summed E-state index contributed by atoms with van der Waals surface area (Å²) in [7, 11) is 0. The van der Waals surface area contributed by atoms with Crippen molar-refractivity contribution in [2.75, 3.05) is 6.54 Å². The van der Waals surface area contributed by atoms with E-state index in [0.717, 1.165) is 5.56 Å². The number of carbonyl (C=O) groups is 2. The van der Waals surface area contributed by atoms with E-state index in [2.05, 4.69) is 5.32 Å². The van der Waals surface area contributed by atoms with Crippen LogP contribution in [0.15, 0.2) is 30.3 Å². The number of amides is 1. The van der Waals surface area contributed by atoms with E-state index in [1.54, 1.807) is 0 Å². The van der Waals surface area contributed by atoms with Crippen molar-refractivity contribution < 1.29 is 14.7 Å². The first kappa shape index (κ1) is 15.1. The second-order valence-corrected chi connectivity index (χ2v) is 4.34. The van der Waals surface area contributed by atoms with Gasteiger partial charge in [0.05, 0.1) is 0 Å². The minimum absolute atomic E-state index is 0.0133. The molecule has 1 aromatic rings. The molecule has 19 heavy (non-hydrogen) atoms. The van der Waals surface area contributed by atoms with Crippen LogP contribution in [0, 0.1) is 0 Å². The minimum atomic E-state index is -1.92. The Bertz CT molecular complexity index is 436. The van der Waals surface area contributed by atoms with Crippen molar-refractivity contribution in [3.05, 3.63) is 35.9 Å². The second-order valence-electron chi connectivity index (χ2n) is 4.34. The molecule has 6 N–H and O–H groups in total. The monoisotopic (exact) mass is 265 g/mol. The van der Waals surface area contributed by atoms with Crippen LogP contribution < -0.4 is 16.8 Å². The molecule has 1 aromatic carbocycles. The standard InChI is InChI=1S/C13H19N3O3/c14-8-4-7-13(15,12(18)19)11(17)16-9-10-5-2-1-3-6-10/h1-3,5-6H,4,7-9,14-15H2,(H,16,17)(H,18,19)/t13-/m0/s1. The summed E-state index contributed by atoms with van der Waals surface area (Å²) in [5, 5.41) is 11.6. The van der Waals surface area contributed by atoms with Crippen LogP contribution in [-0.2, 0) is 16.1 Å². The predicted molar refractivity (Wildman–Crippen MR) is 71.1 cm³/mol. The second kappa shape index (κ2) is 6.86. The fourth-order valence-corrected chi connectivity index (χ4v) is 1.63. The minimum Gasteiger partial charge on any atom is -0.479 e. The normalized spacial score (nSPS) is 13.6. The van der Waals surface area contributed by atoms with Crippen molar-refractivity contribution in [2.24, 2.45) is 11.5 Å². The molecular weight excluding hydrogens is 246 g/mol. The van der Waals surface area contributed by atoms with E-state index >= 15 is 0 Å². The number of hydrogen-bond acceptors (Lipinski definition) is 4. The maximum Gasteiger partial charge on any atom is 0.333 e. The molecule has 0 aromatic heterocycles. The Kier molecular flexibility index (Phi) is 5.47. The van der Waals surface area contributed by atoms with E-state index in [0.29, 0.717) is 6.42 Å². The molecular formula is C13H19N3O3. The van der Waals surface area contributed by atoms with E-state index in [9.17, 15) is 9.59 Å². The van der Waals surface area contributed by atoms with Gasteiger partial charge in [0.2, 0.25) is 0 Å². The van der Waals surface area contributed by atoms with Gasteiger partial charge in [0.1, 0.15) is 0 Å². The summed E-state index contributed by atoms with van der Waals surface area (Å²) in [5.74, 6) is -2.04. The molecule has 0 spiro atoms. The third-order valence-electron chi connectivity index (χ3n) is 2.86. The molecule has 1 rings (SSSR count). The molecule has 6 nitrogen and oxygen atoms in total. The Labute approximate surface area is 111 Å². The molecule has 0 fully saturated rings. The zero-order valence-electron chi connectivity index (χ0n) is 10.6. The first-order chi connectivity index (χ1) is 9.00. The van der Waals surface area contributed by atoms with Gasteiger partial charge in [0.15, 0.2) is 5.54 Å². The van der Waals surface area contributed by atoms with Crippen molar-refractivity contribution in [3.63, 3.8) is 0 Å². The van der Waals surface area contributed by atoms with Crippen LogP contribution in [0.1, 0.15) is 18.4 Å². The molecule has 0 aliphatic rings. The number of carbonyl (C=O) groups excluding carboxylic acids is 1. The van der Waals surface area contributed by atoms with E-state index < -0.39 is 17.4 Å². The first-order valence-corrected chi connectivity index (χ1v) is 6.05. The predicted octanol–water partition coefficient (Wildman–Crippen LogP) is -0.176. The molecule has 0 heterocycles. The highest BCUT2D eigenvalue weighted by atomic mass is 16.4. The Morgan fingerprint density at radius 3 is 2.42 bits per heavy atom. The van der Waals surface area contributed by atoms with Crippen LogP contribution in [0.3, 0.4) is 0 Å². The van der Waals surface area contributed by atoms with E-state index in [1.165, 1.54) is 0 Å². The van der Waals surface area contributed by atoms with Gasteiger partial charge in [0.25, 0.3) is 5.91 Å². The van der Waals surface area contributed by atoms with Gasteiger partial charge < -0.3 is 21.9 Å². The molecule has 0 radical (unpaired) electrons. The van der Waals surface area contributed by atoms with Crippen molar-refractivity contribution >= 4 is 11.9 Å². The number of carboxylic acids is 1. The zero-order chi connectivity index (χ0) is 14.3. The third kappa shape index (κ3) is 4.04. The lowest BCUT2D eigenvalue weighted by Gasteiger charge is -2.23. The summed E-state index contributed by atoms with van der Waals surface area (Å²) < 4.78 is 0. The zero-order valence-corrected chi connectivity index (χ0v) is 10.6. The summed E-state index contributed by atoms with van der Waals surface area (Å²) in [6, 6.07) is 9.20. The Balaban J connectivity index is 2.65. The summed E-state index contributed by atoms with van der Waals surface area (Å²) in [4.78, 5) is 23.1. The molecule has 0 saturated carbocycles. The van der Waals surface area contributed by atoms with Crippen molar-refractivity contribution in [3.8, 4) is 0 Å². The summed E-state index contributed by atoms with van der Waals surface area (Å²) in [5.41, 5.74) is 9.94. The number of rotatable bonds is 7. The highest BCUT2D eigenvalue weighted by Crippen LogP contribution is 2.11. The van der Waals surface area contributed by atoms with Gasteiger partial charge in [-0.3, -0.25) is 4.79 Å². The average molecular weight is 265 g/mol. The molecule has 104 valence electrons. The van der Waals surface area contributed by atoms with E-state index in [-0.39, 0.29) is 19.5 Å². The van der Waals surface area contributed by atoms with Gasteiger partial charge in [-0.2, -0.15) is 0 Å². The maximum atomic E-state index is 11.9. The Morgan fingerprint density at radius 1 is 1.26 bits per heavy atom. The van der Waals surface area contributed by atoms with Gasteiger partial charge >= 0.3 is 5.97 Å². The number of nitrogens with one attached hydrogen (secondary N) is 1. The van der Waals surface area contributed by atoms with Crippen LogP contribution in [0.4, 0.5) is 0 Å². The largest absolute Gasteiger partial charge is 0.479 e. The smallest absolute Gasteiger partial charge is 0.333 e. The number of hydrogen-bond donors (Lipinski definition) is 4. The van der Waals surface area contributed by atoms with Gasteiger partial charge in [-0.25, -0.2) is 4.79 Å². The molecule has 0 aliphatic carbocycles. The number of benzene rings is 1. The van der Waals surface area contributed by atoms with Crippen molar-refractivity contribution in [1.29, 1.82) is 0 Å². The van der Waals surface area contributed by atoms with E-state index in [4.69, 9.17) is 16.6 Å². The molecule has 0 aliphatic heterocycles.